The van der Waals surface area contributed by atoms with Crippen LogP contribution in [0.25, 0.3) is 17.2 Å². The molecule has 22 nitrogen and oxygen atoms in total. The fraction of sp³-hybridized carbons (Fsp3) is 0.452. The van der Waals surface area contributed by atoms with E-state index in [2.05, 4.69) is 114 Å². The van der Waals surface area contributed by atoms with E-state index in [4.69, 9.17) is 38.4 Å². The highest BCUT2D eigenvalue weighted by Crippen LogP contribution is 2.40. The normalized spacial score (nSPS) is 15.8. The summed E-state index contributed by atoms with van der Waals surface area (Å²) in [6, 6.07) is 59.8. The highest BCUT2D eigenvalue weighted by molar-refractivity contribution is 8.00. The number of morpholine rings is 1. The summed E-state index contributed by atoms with van der Waals surface area (Å²) in [4.78, 5) is 96.4. The van der Waals surface area contributed by atoms with Crippen LogP contribution in [-0.4, -0.2) is 205 Å². The van der Waals surface area contributed by atoms with Gasteiger partial charge in [-0.3, -0.25) is 0 Å². The van der Waals surface area contributed by atoms with Gasteiger partial charge in [-0.05, 0) is 291 Å². The van der Waals surface area contributed by atoms with Crippen LogP contribution in [0.4, 0.5) is 34.5 Å². The number of hydrogen-bond donors (Lipinski definition) is 1. The van der Waals surface area contributed by atoms with Crippen LogP contribution in [0.3, 0.4) is 0 Å². The van der Waals surface area contributed by atoms with Crippen molar-refractivity contribution in [2.24, 2.45) is 0 Å². The molecule has 1 saturated heterocycles. The van der Waals surface area contributed by atoms with Crippen LogP contribution in [0.2, 0.25) is 0 Å². The van der Waals surface area contributed by atoms with Crippen LogP contribution in [0.5, 0.6) is 5.75 Å². The average Bonchev–Trinajstić information content (AvgIpc) is 1.80. The molecule has 6 amide bonds. The quantitative estimate of drug-likeness (QED) is 0.158. The molecule has 0 saturated carbocycles. The Balaban J connectivity index is 0.000000166. The predicted octanol–water partition coefficient (Wildman–Crippen LogP) is 25.4. The average molecular weight is 1940 g/mol. The number of nitriles is 1. The number of ether oxygens (including phenoxy) is 7. The van der Waals surface area contributed by atoms with Crippen molar-refractivity contribution in [1.82, 2.24) is 29.4 Å². The summed E-state index contributed by atoms with van der Waals surface area (Å²) >= 11 is 12.4. The lowest BCUT2D eigenvalue weighted by molar-refractivity contribution is 0.0236. The summed E-state index contributed by atoms with van der Waals surface area (Å²) in [6.07, 6.45) is 2.58. The lowest BCUT2D eigenvalue weighted by Crippen LogP contribution is -2.37. The number of benzene rings is 8. The molecule has 7 aliphatic rings. The lowest BCUT2D eigenvalue weighted by atomic mass is 10.0. The van der Waals surface area contributed by atoms with Crippen molar-refractivity contribution in [3.05, 3.63) is 220 Å². The Morgan fingerprint density at radius 2 is 0.677 bits per heavy atom. The molecule has 29 heteroatoms. The van der Waals surface area contributed by atoms with Gasteiger partial charge in [0.05, 0.1) is 64.1 Å². The Hall–Kier alpha value is -9.38. The molecule has 7 heterocycles. The Bertz CT molecular complexity index is 5320. The van der Waals surface area contributed by atoms with Gasteiger partial charge in [0.2, 0.25) is 0 Å². The molecule has 0 radical (unpaired) electrons. The molecule has 0 atom stereocenters. The predicted molar refractivity (Wildman–Crippen MR) is 543 cm³/mol. The summed E-state index contributed by atoms with van der Waals surface area (Å²) < 4.78 is 38.4. The fourth-order valence-electron chi connectivity index (χ4n) is 14.1. The fourth-order valence-corrected chi connectivity index (χ4v) is 21.0. The summed E-state index contributed by atoms with van der Waals surface area (Å²) in [5.41, 5.74) is 9.29. The molecule has 0 bridgehead atoms. The second kappa shape index (κ2) is 48.9. The Morgan fingerprint density at radius 3 is 1.06 bits per heavy atom. The van der Waals surface area contributed by atoms with Crippen LogP contribution in [0.15, 0.2) is 215 Å². The minimum absolute atomic E-state index is 0.227. The third kappa shape index (κ3) is 35.7. The van der Waals surface area contributed by atoms with Gasteiger partial charge >= 0.3 is 36.6 Å². The van der Waals surface area contributed by atoms with Crippen LogP contribution in [0.1, 0.15) is 176 Å². The van der Waals surface area contributed by atoms with E-state index in [1.807, 2.05) is 215 Å². The molecule has 1 N–H and O–H groups in total. The topological polar surface area (TPSA) is 234 Å². The number of nitrogens with zero attached hydrogens (tertiary/aromatic N) is 8. The number of rotatable bonds is 5. The van der Waals surface area contributed by atoms with Crippen LogP contribution in [-0.2, 0) is 72.4 Å². The molecule has 0 aromatic heterocycles. The van der Waals surface area contributed by atoms with Gasteiger partial charge in [0, 0.05) is 132 Å². The van der Waals surface area contributed by atoms with Crippen molar-refractivity contribution in [2.45, 2.75) is 244 Å². The summed E-state index contributed by atoms with van der Waals surface area (Å²) in [7, 11) is 0. The Morgan fingerprint density at radius 1 is 0.353 bits per heavy atom. The number of hydrogen-bond acceptors (Lipinski definition) is 23. The second-order valence-corrected chi connectivity index (χ2v) is 46.3. The first kappa shape index (κ1) is 106. The number of amides is 6. The second-order valence-electron chi connectivity index (χ2n) is 38.4. The third-order valence-electron chi connectivity index (χ3n) is 20.1. The first-order chi connectivity index (χ1) is 62.9. The van der Waals surface area contributed by atoms with Crippen LogP contribution in [0, 0.1) is 11.3 Å². The number of fused-ring (bicyclic) bond motifs is 6. The van der Waals surface area contributed by atoms with E-state index in [9.17, 15) is 33.9 Å². The standard InChI is InChI=1S/C20H23NO2S2.C20H23NO2S.C18H26N2O3S.C17H23NO2S.C15H18N2O2S.C14H19NO3S/c1-20(2,3)23-19(22)21-11-12-24-18-10-9-17(13-15(18)14-21)25-16-7-5-4-6-8-16;1-20(2,3)23-19(22)21-11-12-24-18-10-9-16(13-17(18)14-21)15-7-5-4-6-8-15;1-18(2,3)23-17(21)20-8-11-24-16-5-4-15(12-14(16)13-20)19-6-9-22-10-7-19;1-5-6-13-7-8-15-14(11-13)12-18(9-10-21-15)16(19)20-17(2,3)4;1-15(2,3)19-14(18)17-6-7-20-13-5-4-11(9-16)8-12(13)10-17;1-14(2,3)18-13(17)15-6-7-19-12-5-4-11(16)8-10(12)9-15/h4-10,13H,11-12,14H2,1-3H3;4-10,13H,11-12,14H2,1-3H3;4-5,12H,6-11,13H2,1-3H3;5-8,11H,9-10,12H2,1-4H3;4-5,8H,6-7,10H2,1-3H3;4-5,8,16H,6-7,9H2,1-3H3/b;;;6-5+;;. The maximum atomic E-state index is 12.4. The van der Waals surface area contributed by atoms with E-state index in [0.29, 0.717) is 84.1 Å². The molecule has 8 aromatic rings. The zero-order valence-electron chi connectivity index (χ0n) is 80.6. The smallest absolute Gasteiger partial charge is 0.410 e. The van der Waals surface area contributed by atoms with Gasteiger partial charge in [0.15, 0.2) is 0 Å². The number of phenols is 1. The van der Waals surface area contributed by atoms with Crippen molar-refractivity contribution < 1.29 is 67.0 Å². The molecule has 0 aliphatic carbocycles. The number of carbonyl (C=O) groups is 6. The van der Waals surface area contributed by atoms with Crippen molar-refractivity contribution >= 4 is 131 Å². The monoisotopic (exact) mass is 1940 g/mol. The molecule has 133 heavy (non-hydrogen) atoms. The molecule has 714 valence electrons. The molecule has 0 unspecified atom stereocenters. The Labute approximate surface area is 818 Å². The van der Waals surface area contributed by atoms with Crippen LogP contribution >= 0.6 is 82.3 Å². The summed E-state index contributed by atoms with van der Waals surface area (Å²) in [5, 5.41) is 18.5. The van der Waals surface area contributed by atoms with Crippen molar-refractivity contribution in [3.63, 3.8) is 0 Å². The van der Waals surface area contributed by atoms with E-state index in [1.165, 1.54) is 74.0 Å². The van der Waals surface area contributed by atoms with Gasteiger partial charge < -0.3 is 72.6 Å². The maximum absolute atomic E-state index is 12.4. The Kier molecular flexibility index (Phi) is 38.8. The van der Waals surface area contributed by atoms with E-state index in [0.717, 1.165) is 81.7 Å². The highest BCUT2D eigenvalue weighted by atomic mass is 32.2. The van der Waals surface area contributed by atoms with E-state index < -0.39 is 33.6 Å². The van der Waals surface area contributed by atoms with E-state index in [-0.39, 0.29) is 42.3 Å². The summed E-state index contributed by atoms with van der Waals surface area (Å²) in [6.45, 7) is 46.9. The van der Waals surface area contributed by atoms with Gasteiger partial charge in [-0.1, -0.05) is 84.6 Å². The van der Waals surface area contributed by atoms with Crippen LogP contribution < -0.4 is 4.90 Å². The largest absolute Gasteiger partial charge is 0.508 e. The number of aromatic hydroxyl groups is 1. The van der Waals surface area contributed by atoms with Gasteiger partial charge in [0.1, 0.15) is 39.4 Å². The van der Waals surface area contributed by atoms with Gasteiger partial charge in [-0.25, -0.2) is 28.8 Å². The molecule has 8 aromatic carbocycles. The van der Waals surface area contributed by atoms with E-state index >= 15 is 0 Å². The van der Waals surface area contributed by atoms with E-state index in [1.54, 1.807) is 107 Å². The molecule has 7 aliphatic heterocycles. The van der Waals surface area contributed by atoms with Crippen molar-refractivity contribution in [2.75, 3.05) is 105 Å². The number of carbonyl (C=O) groups excluding carboxylic acids is 6. The van der Waals surface area contributed by atoms with Crippen molar-refractivity contribution in [1.29, 1.82) is 5.26 Å². The third-order valence-corrected chi connectivity index (χ3v) is 27.6. The van der Waals surface area contributed by atoms with Gasteiger partial charge in [-0.2, -0.15) is 5.26 Å². The maximum Gasteiger partial charge on any atom is 0.410 e. The lowest BCUT2D eigenvalue weighted by Gasteiger charge is -2.30. The van der Waals surface area contributed by atoms with Gasteiger partial charge in [0.25, 0.3) is 0 Å². The molecule has 0 spiro atoms. The minimum atomic E-state index is -0.492. The molecule has 1 fully saturated rings. The SMILES string of the molecule is C/C=C/c1ccc2c(c1)CN(C(=O)OC(C)(C)C)CCS2.CC(C)(C)OC(=O)N1CCSc2ccc(-c3ccccc3)cc2C1.CC(C)(C)OC(=O)N1CCSc2ccc(C#N)cc2C1.CC(C)(C)OC(=O)N1CCSc2ccc(N3CCOCC3)cc2C1.CC(C)(C)OC(=O)N1CCSc2ccc(O)cc2C1.CC(C)(C)OC(=O)N1CCSc2ccc(Sc3ccccc3)cc2C1. The minimum Gasteiger partial charge on any atom is -0.508 e. The molecular weight excluding hydrogens is 1810 g/mol. The van der Waals surface area contributed by atoms with Crippen molar-refractivity contribution in [3.8, 4) is 22.9 Å². The summed E-state index contributed by atoms with van der Waals surface area (Å²) in [5.74, 6) is 5.45. The highest BCUT2D eigenvalue weighted by Gasteiger charge is 2.33. The van der Waals surface area contributed by atoms with Gasteiger partial charge in [-0.15, -0.1) is 70.6 Å². The zero-order valence-corrected chi connectivity index (χ0v) is 86.3. The number of allylic oxidation sites excluding steroid dienone is 1. The number of phenolic OH excluding ortho intramolecular Hbond substituents is 1. The molecular formula is C104H132N8O14S7. The number of thioether (sulfide) groups is 6. The zero-order chi connectivity index (χ0) is 96.4. The first-order valence-electron chi connectivity index (χ1n) is 45.1. The first-order valence-corrected chi connectivity index (χ1v) is 51.9. The molecule has 15 rings (SSSR count). The number of anilines is 1.